The number of rotatable bonds is 5. The van der Waals surface area contributed by atoms with Crippen molar-refractivity contribution in [3.63, 3.8) is 0 Å². The summed E-state index contributed by atoms with van der Waals surface area (Å²) in [5.74, 6) is 0.817. The highest BCUT2D eigenvalue weighted by Gasteiger charge is 2.24. The van der Waals surface area contributed by atoms with Gasteiger partial charge >= 0.3 is 6.03 Å². The van der Waals surface area contributed by atoms with Crippen LogP contribution in [0.2, 0.25) is 5.02 Å². The molecule has 1 saturated heterocycles. The Morgan fingerprint density at radius 3 is 2.43 bits per heavy atom. The fourth-order valence-corrected chi connectivity index (χ4v) is 3.13. The summed E-state index contributed by atoms with van der Waals surface area (Å²) in [4.78, 5) is 14.4. The van der Waals surface area contributed by atoms with Gasteiger partial charge in [-0.1, -0.05) is 37.6 Å². The Morgan fingerprint density at radius 2 is 1.91 bits per heavy atom. The van der Waals surface area contributed by atoms with Crippen molar-refractivity contribution in [1.29, 1.82) is 0 Å². The number of nitrogens with one attached hydrogen (secondary N) is 1. The van der Waals surface area contributed by atoms with Gasteiger partial charge in [-0.3, -0.25) is 0 Å². The maximum Gasteiger partial charge on any atom is 0.317 e. The minimum atomic E-state index is -0.0120. The largest absolute Gasteiger partial charge is 0.396 e. The summed E-state index contributed by atoms with van der Waals surface area (Å²) < 4.78 is 0. The summed E-state index contributed by atoms with van der Waals surface area (Å²) >= 11 is 5.96. The van der Waals surface area contributed by atoms with Crippen LogP contribution in [0.3, 0.4) is 0 Å². The average molecular weight is 339 g/mol. The Balaban J connectivity index is 2.00. The monoisotopic (exact) mass is 338 g/mol. The fourth-order valence-electron chi connectivity index (χ4n) is 3.00. The van der Waals surface area contributed by atoms with E-state index in [1.54, 1.807) is 0 Å². The number of aliphatic hydroxyl groups excluding tert-OH is 1. The number of hydrogen-bond acceptors (Lipinski definition) is 2. The van der Waals surface area contributed by atoms with Gasteiger partial charge in [-0.05, 0) is 48.8 Å². The molecule has 0 spiro atoms. The first kappa shape index (κ1) is 18.1. The highest BCUT2D eigenvalue weighted by atomic mass is 35.5. The first-order valence-electron chi connectivity index (χ1n) is 8.41. The number of carbonyl (C=O) groups excluding carboxylic acids is 1. The summed E-state index contributed by atoms with van der Waals surface area (Å²) in [6.45, 7) is 5.96. The number of carbonyl (C=O) groups is 1. The molecule has 0 aliphatic carbocycles. The summed E-state index contributed by atoms with van der Waals surface area (Å²) in [6.07, 6.45) is 2.64. The Kier molecular flexibility index (Phi) is 6.72. The van der Waals surface area contributed by atoms with Gasteiger partial charge in [-0.25, -0.2) is 4.79 Å². The molecule has 0 bridgehead atoms. The van der Waals surface area contributed by atoms with Crippen LogP contribution < -0.4 is 5.32 Å². The quantitative estimate of drug-likeness (QED) is 0.857. The molecule has 4 nitrogen and oxygen atoms in total. The van der Waals surface area contributed by atoms with E-state index in [0.717, 1.165) is 24.8 Å². The summed E-state index contributed by atoms with van der Waals surface area (Å²) in [7, 11) is 0. The number of halogens is 1. The van der Waals surface area contributed by atoms with E-state index in [-0.39, 0.29) is 18.7 Å². The lowest BCUT2D eigenvalue weighted by Crippen LogP contribution is -2.46. The predicted octanol–water partition coefficient (Wildman–Crippen LogP) is 3.84. The second kappa shape index (κ2) is 8.55. The third-order valence-corrected chi connectivity index (χ3v) is 4.69. The van der Waals surface area contributed by atoms with Crippen molar-refractivity contribution in [1.82, 2.24) is 10.2 Å². The molecule has 5 heteroatoms. The number of amides is 2. The highest BCUT2D eigenvalue weighted by Crippen LogP contribution is 2.24. The molecular formula is C18H27ClN2O2. The number of urea groups is 1. The predicted molar refractivity (Wildman–Crippen MR) is 93.6 cm³/mol. The van der Waals surface area contributed by atoms with Crippen molar-refractivity contribution in [2.75, 3.05) is 19.7 Å². The molecular weight excluding hydrogens is 312 g/mol. The Bertz CT molecular complexity index is 496. The zero-order chi connectivity index (χ0) is 16.8. The zero-order valence-corrected chi connectivity index (χ0v) is 14.7. The molecule has 0 saturated carbocycles. The van der Waals surface area contributed by atoms with Gasteiger partial charge in [0.25, 0.3) is 0 Å². The lowest BCUT2D eigenvalue weighted by Gasteiger charge is -2.33. The minimum Gasteiger partial charge on any atom is -0.396 e. The van der Waals surface area contributed by atoms with Crippen LogP contribution in [0, 0.1) is 11.8 Å². The number of nitrogens with zero attached hydrogens (tertiary/aromatic N) is 1. The van der Waals surface area contributed by atoms with Crippen molar-refractivity contribution in [3.8, 4) is 0 Å². The molecule has 1 aliphatic rings. The van der Waals surface area contributed by atoms with Gasteiger partial charge in [-0.2, -0.15) is 0 Å². The van der Waals surface area contributed by atoms with Crippen molar-refractivity contribution in [3.05, 3.63) is 34.9 Å². The normalized spacial score (nSPS) is 17.3. The molecule has 1 fully saturated rings. The molecule has 2 amide bonds. The van der Waals surface area contributed by atoms with Crippen LogP contribution in [0.15, 0.2) is 24.3 Å². The van der Waals surface area contributed by atoms with Crippen LogP contribution in [0.1, 0.15) is 44.7 Å². The number of piperidine rings is 1. The third kappa shape index (κ3) is 5.40. The second-order valence-electron chi connectivity index (χ2n) is 6.80. The van der Waals surface area contributed by atoms with E-state index in [1.165, 1.54) is 0 Å². The Morgan fingerprint density at radius 1 is 1.30 bits per heavy atom. The maximum absolute atomic E-state index is 12.6. The fraction of sp³-hybridized carbons (Fsp3) is 0.611. The summed E-state index contributed by atoms with van der Waals surface area (Å²) in [5, 5.41) is 13.1. The summed E-state index contributed by atoms with van der Waals surface area (Å²) in [6, 6.07) is 7.67. The van der Waals surface area contributed by atoms with E-state index in [2.05, 4.69) is 19.2 Å². The smallest absolute Gasteiger partial charge is 0.317 e. The van der Waals surface area contributed by atoms with Crippen LogP contribution in [0.5, 0.6) is 0 Å². The first-order chi connectivity index (χ1) is 11.0. The van der Waals surface area contributed by atoms with Gasteiger partial charge in [0.15, 0.2) is 0 Å². The van der Waals surface area contributed by atoms with Crippen molar-refractivity contribution in [2.45, 2.75) is 39.2 Å². The van der Waals surface area contributed by atoms with E-state index < -0.39 is 0 Å². The van der Waals surface area contributed by atoms with Gasteiger partial charge in [0.1, 0.15) is 0 Å². The van der Waals surface area contributed by atoms with Crippen LogP contribution in [0.4, 0.5) is 4.79 Å². The topological polar surface area (TPSA) is 52.6 Å². The van der Waals surface area contributed by atoms with Crippen LogP contribution in [0.25, 0.3) is 0 Å². The van der Waals surface area contributed by atoms with Gasteiger partial charge in [0.05, 0.1) is 6.04 Å². The Hall–Kier alpha value is -1.26. The van der Waals surface area contributed by atoms with Crippen molar-refractivity contribution in [2.24, 2.45) is 11.8 Å². The third-order valence-electron chi connectivity index (χ3n) is 4.44. The molecule has 0 aromatic heterocycles. The van der Waals surface area contributed by atoms with Gasteiger partial charge in [-0.15, -0.1) is 0 Å². The lowest BCUT2D eigenvalue weighted by molar-refractivity contribution is 0.135. The van der Waals surface area contributed by atoms with Crippen molar-refractivity contribution < 1.29 is 9.90 Å². The molecule has 1 aromatic carbocycles. The number of aliphatic hydroxyl groups is 1. The molecule has 1 aliphatic heterocycles. The zero-order valence-electron chi connectivity index (χ0n) is 14.0. The molecule has 1 heterocycles. The maximum atomic E-state index is 12.6. The molecule has 1 unspecified atom stereocenters. The van der Waals surface area contributed by atoms with E-state index in [9.17, 15) is 9.90 Å². The van der Waals surface area contributed by atoms with Gasteiger partial charge in [0, 0.05) is 24.7 Å². The van der Waals surface area contributed by atoms with Crippen LogP contribution in [-0.4, -0.2) is 35.7 Å². The van der Waals surface area contributed by atoms with Gasteiger partial charge in [0.2, 0.25) is 0 Å². The standard InChI is InChI=1S/C18H27ClN2O2/c1-13(2)11-17(15-3-5-16(19)6-4-15)20-18(23)21-9-7-14(12-22)8-10-21/h3-6,13-14,17,22H,7-12H2,1-2H3,(H,20,23). The molecule has 23 heavy (non-hydrogen) atoms. The number of hydrogen-bond donors (Lipinski definition) is 2. The minimum absolute atomic E-state index is 0.00432. The van der Waals surface area contributed by atoms with Crippen LogP contribution in [-0.2, 0) is 0 Å². The second-order valence-corrected chi connectivity index (χ2v) is 7.23. The summed E-state index contributed by atoms with van der Waals surface area (Å²) in [5.41, 5.74) is 1.08. The lowest BCUT2D eigenvalue weighted by atomic mass is 9.96. The van der Waals surface area contributed by atoms with E-state index >= 15 is 0 Å². The first-order valence-corrected chi connectivity index (χ1v) is 8.79. The van der Waals surface area contributed by atoms with Crippen LogP contribution >= 0.6 is 11.6 Å². The van der Waals surface area contributed by atoms with Gasteiger partial charge < -0.3 is 15.3 Å². The van der Waals surface area contributed by atoms with E-state index in [0.29, 0.717) is 29.9 Å². The average Bonchev–Trinajstić information content (AvgIpc) is 2.54. The molecule has 0 radical (unpaired) electrons. The van der Waals surface area contributed by atoms with E-state index in [1.807, 2.05) is 29.2 Å². The molecule has 128 valence electrons. The molecule has 1 atom stereocenters. The molecule has 1 aromatic rings. The SMILES string of the molecule is CC(C)CC(NC(=O)N1CCC(CO)CC1)c1ccc(Cl)cc1. The van der Waals surface area contributed by atoms with E-state index in [4.69, 9.17) is 11.6 Å². The molecule has 2 rings (SSSR count). The highest BCUT2D eigenvalue weighted by molar-refractivity contribution is 6.30. The molecule has 2 N–H and O–H groups in total. The number of likely N-dealkylation sites (tertiary alicyclic amines) is 1. The van der Waals surface area contributed by atoms with Crippen molar-refractivity contribution >= 4 is 17.6 Å². The Labute approximate surface area is 143 Å². The number of benzene rings is 1.